The summed E-state index contributed by atoms with van der Waals surface area (Å²) >= 11 is 0. The molecule has 0 aliphatic carbocycles. The first-order valence-electron chi connectivity index (χ1n) is 10.2. The summed E-state index contributed by atoms with van der Waals surface area (Å²) in [6.45, 7) is 0. The van der Waals surface area contributed by atoms with Crippen molar-refractivity contribution in [3.05, 3.63) is 90.9 Å². The molecule has 0 bridgehead atoms. The van der Waals surface area contributed by atoms with Crippen molar-refractivity contribution < 1.29 is 28.3 Å². The lowest BCUT2D eigenvalue weighted by molar-refractivity contribution is 0.0848. The van der Waals surface area contributed by atoms with E-state index in [2.05, 4.69) is 0 Å². The number of methoxy groups -OCH3 is 3. The number of nitrogens with zero attached hydrogens (tertiary/aromatic N) is 1. The van der Waals surface area contributed by atoms with E-state index in [0.717, 1.165) is 16.2 Å². The van der Waals surface area contributed by atoms with E-state index < -0.39 is 5.91 Å². The summed E-state index contributed by atoms with van der Waals surface area (Å²) < 4.78 is 21.7. The molecule has 0 saturated carbocycles. The number of carbonyl (C=O) groups excluding carboxylic acids is 1. The number of hydrogen-bond donors (Lipinski definition) is 0. The third-order valence-corrected chi connectivity index (χ3v) is 4.97. The van der Waals surface area contributed by atoms with E-state index in [1.807, 2.05) is 42.5 Å². The molecule has 4 rings (SSSR count). The van der Waals surface area contributed by atoms with Gasteiger partial charge in [-0.1, -0.05) is 42.5 Å². The van der Waals surface area contributed by atoms with Gasteiger partial charge in [-0.05, 0) is 35.4 Å². The third-order valence-electron chi connectivity index (χ3n) is 4.97. The second-order valence-corrected chi connectivity index (χ2v) is 6.94. The number of anilines is 1. The summed E-state index contributed by atoms with van der Waals surface area (Å²) in [4.78, 5) is 19.4. The Morgan fingerprint density at radius 2 is 1.36 bits per heavy atom. The average Bonchev–Trinajstić information content (AvgIpc) is 3.42. The van der Waals surface area contributed by atoms with Gasteiger partial charge in [-0.3, -0.25) is 4.79 Å². The van der Waals surface area contributed by atoms with Crippen molar-refractivity contribution in [1.29, 1.82) is 0 Å². The van der Waals surface area contributed by atoms with Crippen LogP contribution < -0.4 is 24.1 Å². The Balaban J connectivity index is 1.75. The minimum atomic E-state index is -0.533. The van der Waals surface area contributed by atoms with Crippen LogP contribution in [0.15, 0.2) is 89.5 Å². The van der Waals surface area contributed by atoms with Crippen LogP contribution in [0.5, 0.6) is 23.0 Å². The molecule has 168 valence electrons. The van der Waals surface area contributed by atoms with Gasteiger partial charge in [0.05, 0.1) is 27.6 Å². The monoisotopic (exact) mass is 445 g/mol. The number of furan rings is 1. The predicted octanol–water partition coefficient (Wildman–Crippen LogP) is 5.61. The van der Waals surface area contributed by atoms with Crippen LogP contribution in [-0.2, 0) is 0 Å². The van der Waals surface area contributed by atoms with Gasteiger partial charge >= 0.3 is 5.91 Å². The number of amides is 1. The number of benzene rings is 3. The summed E-state index contributed by atoms with van der Waals surface area (Å²) in [6.07, 6.45) is 1.42. The molecule has 0 aliphatic heterocycles. The fraction of sp³-hybridized carbons (Fsp3) is 0.115. The van der Waals surface area contributed by atoms with Crippen molar-refractivity contribution in [3.8, 4) is 34.1 Å². The maximum absolute atomic E-state index is 13.4. The molecule has 7 heteroatoms. The SMILES string of the molecule is COc1cc(OC)c(N(Oc2ccc(-c3ccccc3)cc2)C(=O)c2ccco2)c(OC)c1. The molecule has 1 heterocycles. The minimum Gasteiger partial charge on any atom is -0.496 e. The lowest BCUT2D eigenvalue weighted by Gasteiger charge is -2.25. The van der Waals surface area contributed by atoms with E-state index in [0.29, 0.717) is 23.0 Å². The van der Waals surface area contributed by atoms with E-state index in [1.54, 1.807) is 36.4 Å². The fourth-order valence-corrected chi connectivity index (χ4v) is 3.32. The van der Waals surface area contributed by atoms with E-state index in [1.165, 1.54) is 27.6 Å². The van der Waals surface area contributed by atoms with Crippen molar-refractivity contribution in [2.45, 2.75) is 0 Å². The zero-order valence-corrected chi connectivity index (χ0v) is 18.5. The molecule has 7 nitrogen and oxygen atoms in total. The molecule has 0 unspecified atom stereocenters. The van der Waals surface area contributed by atoms with Gasteiger partial charge in [-0.25, -0.2) is 0 Å². The number of rotatable bonds is 8. The highest BCUT2D eigenvalue weighted by Crippen LogP contribution is 2.42. The molecule has 1 aromatic heterocycles. The van der Waals surface area contributed by atoms with Crippen LogP contribution in [0.4, 0.5) is 5.69 Å². The Morgan fingerprint density at radius 1 is 0.727 bits per heavy atom. The van der Waals surface area contributed by atoms with Gasteiger partial charge in [0.1, 0.15) is 5.75 Å². The first kappa shape index (κ1) is 21.8. The van der Waals surface area contributed by atoms with Gasteiger partial charge in [-0.2, -0.15) is 0 Å². The minimum absolute atomic E-state index is 0.0934. The van der Waals surface area contributed by atoms with E-state index in [4.69, 9.17) is 23.5 Å². The van der Waals surface area contributed by atoms with Crippen molar-refractivity contribution in [3.63, 3.8) is 0 Å². The molecule has 0 fully saturated rings. The number of carbonyl (C=O) groups is 1. The molecular weight excluding hydrogens is 422 g/mol. The molecule has 0 aliphatic rings. The van der Waals surface area contributed by atoms with E-state index in [-0.39, 0.29) is 11.4 Å². The summed E-state index contributed by atoms with van der Waals surface area (Å²) in [5.41, 5.74) is 2.37. The predicted molar refractivity (Wildman–Crippen MR) is 124 cm³/mol. The van der Waals surface area contributed by atoms with E-state index >= 15 is 0 Å². The molecular formula is C26H23NO6. The van der Waals surface area contributed by atoms with Gasteiger partial charge in [-0.15, -0.1) is 5.06 Å². The number of hydrogen-bond acceptors (Lipinski definition) is 6. The first-order valence-corrected chi connectivity index (χ1v) is 10.2. The highest BCUT2D eigenvalue weighted by molar-refractivity contribution is 6.05. The second kappa shape index (κ2) is 9.82. The molecule has 4 aromatic rings. The Hall–Kier alpha value is -4.39. The zero-order chi connectivity index (χ0) is 23.2. The smallest absolute Gasteiger partial charge is 0.327 e. The molecule has 3 aromatic carbocycles. The Kier molecular flexibility index (Phi) is 6.50. The lowest BCUT2D eigenvalue weighted by atomic mass is 10.1. The van der Waals surface area contributed by atoms with Crippen LogP contribution in [0.25, 0.3) is 11.1 Å². The van der Waals surface area contributed by atoms with Crippen LogP contribution >= 0.6 is 0 Å². The molecule has 1 amide bonds. The van der Waals surface area contributed by atoms with Crippen LogP contribution in [0.2, 0.25) is 0 Å². The molecule has 0 radical (unpaired) electrons. The maximum atomic E-state index is 13.4. The fourth-order valence-electron chi connectivity index (χ4n) is 3.32. The highest BCUT2D eigenvalue weighted by Gasteiger charge is 2.30. The van der Waals surface area contributed by atoms with Crippen molar-refractivity contribution in [1.82, 2.24) is 0 Å². The number of hydroxylamine groups is 1. The normalized spacial score (nSPS) is 10.4. The van der Waals surface area contributed by atoms with Crippen molar-refractivity contribution in [2.24, 2.45) is 0 Å². The van der Waals surface area contributed by atoms with Gasteiger partial charge in [0.2, 0.25) is 0 Å². The molecule has 33 heavy (non-hydrogen) atoms. The Labute approximate surface area is 191 Å². The molecule has 0 N–H and O–H groups in total. The van der Waals surface area contributed by atoms with Gasteiger partial charge < -0.3 is 23.5 Å². The van der Waals surface area contributed by atoms with Crippen LogP contribution in [0.3, 0.4) is 0 Å². The Morgan fingerprint density at radius 3 is 1.91 bits per heavy atom. The molecule has 0 saturated heterocycles. The first-order chi connectivity index (χ1) is 16.1. The lowest BCUT2D eigenvalue weighted by Crippen LogP contribution is -2.34. The van der Waals surface area contributed by atoms with Gasteiger partial charge in [0, 0.05) is 12.1 Å². The highest BCUT2D eigenvalue weighted by atomic mass is 16.7. The van der Waals surface area contributed by atoms with Crippen LogP contribution in [-0.4, -0.2) is 27.2 Å². The van der Waals surface area contributed by atoms with Crippen molar-refractivity contribution >= 4 is 11.6 Å². The summed E-state index contributed by atoms with van der Waals surface area (Å²) in [7, 11) is 4.51. The standard InChI is InChI=1S/C26H23NO6/c1-29-21-16-23(30-2)25(24(17-21)31-3)27(26(28)22-10-7-15-32-22)33-20-13-11-19(12-14-20)18-8-5-4-6-9-18/h4-17H,1-3H3. The largest absolute Gasteiger partial charge is 0.496 e. The average molecular weight is 445 g/mol. The Bertz CT molecular complexity index is 1180. The molecule has 0 spiro atoms. The van der Waals surface area contributed by atoms with Crippen molar-refractivity contribution in [2.75, 3.05) is 26.4 Å². The van der Waals surface area contributed by atoms with Crippen LogP contribution in [0, 0.1) is 0 Å². The van der Waals surface area contributed by atoms with Gasteiger partial charge in [0.25, 0.3) is 0 Å². The second-order valence-electron chi connectivity index (χ2n) is 6.94. The summed E-state index contributed by atoms with van der Waals surface area (Å²) in [6, 6.07) is 23.8. The number of ether oxygens (including phenoxy) is 3. The zero-order valence-electron chi connectivity index (χ0n) is 18.5. The molecule has 0 atom stereocenters. The third kappa shape index (κ3) is 4.62. The van der Waals surface area contributed by atoms with E-state index in [9.17, 15) is 4.79 Å². The topological polar surface area (TPSA) is 70.4 Å². The van der Waals surface area contributed by atoms with Gasteiger partial charge in [0.15, 0.2) is 28.7 Å². The summed E-state index contributed by atoms with van der Waals surface area (Å²) in [5, 5.41) is 1.09. The van der Waals surface area contributed by atoms with Crippen LogP contribution in [0.1, 0.15) is 10.6 Å². The maximum Gasteiger partial charge on any atom is 0.327 e. The quantitative estimate of drug-likeness (QED) is 0.328. The summed E-state index contributed by atoms with van der Waals surface area (Å²) in [5.74, 6) is 1.16.